The number of hydrogen-bond acceptors (Lipinski definition) is 6. The Morgan fingerprint density at radius 3 is 2.86 bits per heavy atom. The first kappa shape index (κ1) is 19.2. The average Bonchev–Trinajstić information content (AvgIpc) is 3.27. The van der Waals surface area contributed by atoms with Crippen molar-refractivity contribution < 1.29 is 14.4 Å². The third kappa shape index (κ3) is 4.16. The molecule has 0 amide bonds. The number of halogens is 1. The van der Waals surface area contributed by atoms with Crippen LogP contribution in [0.3, 0.4) is 0 Å². The number of fused-ring (bicyclic) bond motifs is 1. The van der Waals surface area contributed by atoms with Crippen molar-refractivity contribution in [2.24, 2.45) is 0 Å². The van der Waals surface area contributed by atoms with Crippen LogP contribution in [0.1, 0.15) is 36.1 Å². The van der Waals surface area contributed by atoms with E-state index in [0.29, 0.717) is 25.6 Å². The summed E-state index contributed by atoms with van der Waals surface area (Å²) in [6.07, 6.45) is 7.23. The van der Waals surface area contributed by atoms with Crippen LogP contribution in [0.4, 0.5) is 4.79 Å². The zero-order valence-electron chi connectivity index (χ0n) is 15.6. The van der Waals surface area contributed by atoms with Gasteiger partial charge in [0.25, 0.3) is 0 Å². The third-order valence-corrected chi connectivity index (χ3v) is 6.25. The number of carbonyl (C=O) groups is 1. The number of ether oxygens (including phenoxy) is 1. The molecule has 0 aliphatic carbocycles. The molecule has 0 aromatic carbocycles. The van der Waals surface area contributed by atoms with Gasteiger partial charge in [-0.25, -0.2) is 4.79 Å². The highest BCUT2D eigenvalue weighted by molar-refractivity contribution is 7.16. The van der Waals surface area contributed by atoms with Crippen LogP contribution in [0.5, 0.6) is 0 Å². The molecule has 28 heavy (non-hydrogen) atoms. The topological polar surface area (TPSA) is 56.6 Å². The lowest BCUT2D eigenvalue weighted by Gasteiger charge is -2.29. The number of piperidine rings is 1. The summed E-state index contributed by atoms with van der Waals surface area (Å²) < 4.78 is 7.91. The first-order chi connectivity index (χ1) is 13.6. The van der Waals surface area contributed by atoms with Gasteiger partial charge in [-0.15, -0.1) is 16.4 Å². The fraction of sp³-hybridized carbons (Fsp3) is 0.400. The van der Waals surface area contributed by atoms with E-state index in [2.05, 4.69) is 27.9 Å². The highest BCUT2D eigenvalue weighted by Gasteiger charge is 2.26. The van der Waals surface area contributed by atoms with E-state index < -0.39 is 6.16 Å². The van der Waals surface area contributed by atoms with Gasteiger partial charge in [0.05, 0.1) is 29.2 Å². The van der Waals surface area contributed by atoms with Gasteiger partial charge in [-0.05, 0) is 49.4 Å². The van der Waals surface area contributed by atoms with Gasteiger partial charge in [0, 0.05) is 35.7 Å². The number of nitrogens with zero attached hydrogens (tertiary/aromatic N) is 3. The van der Waals surface area contributed by atoms with Crippen LogP contribution >= 0.6 is 22.9 Å². The van der Waals surface area contributed by atoms with Crippen LogP contribution in [-0.4, -0.2) is 40.5 Å². The van der Waals surface area contributed by atoms with E-state index in [-0.39, 0.29) is 0 Å². The minimum absolute atomic E-state index is 0.318. The Labute approximate surface area is 172 Å². The summed E-state index contributed by atoms with van der Waals surface area (Å²) in [6, 6.07) is 6.09. The summed E-state index contributed by atoms with van der Waals surface area (Å²) in [5.41, 5.74) is 2.46. The van der Waals surface area contributed by atoms with E-state index in [9.17, 15) is 4.79 Å². The van der Waals surface area contributed by atoms with Crippen LogP contribution in [-0.2, 0) is 16.1 Å². The molecule has 4 rings (SSSR count). The van der Waals surface area contributed by atoms with Crippen molar-refractivity contribution in [2.45, 2.75) is 32.2 Å². The second-order valence-corrected chi connectivity index (χ2v) is 8.59. The molecule has 0 unspecified atom stereocenters. The standard InChI is InChI=1S/C20H22ClN3O3S/c1-2-26-20(25)27-24-9-6-14(7-10-24)17-13-23(12-15-3-4-19(21)28-15)18-11-22-8-5-16(17)18/h3-5,8,11,13-14H,2,6-7,9-10,12H2,1H3. The van der Waals surface area contributed by atoms with Crippen LogP contribution in [0.15, 0.2) is 36.8 Å². The van der Waals surface area contributed by atoms with Crippen molar-refractivity contribution in [1.29, 1.82) is 0 Å². The zero-order valence-corrected chi connectivity index (χ0v) is 17.2. The summed E-state index contributed by atoms with van der Waals surface area (Å²) in [5, 5.41) is 2.94. The highest BCUT2D eigenvalue weighted by atomic mass is 35.5. The molecule has 1 aliphatic heterocycles. The number of hydrogen-bond donors (Lipinski definition) is 0. The predicted octanol–water partition coefficient (Wildman–Crippen LogP) is 5.07. The lowest BCUT2D eigenvalue weighted by Crippen LogP contribution is -2.35. The molecule has 0 radical (unpaired) electrons. The molecule has 1 saturated heterocycles. The van der Waals surface area contributed by atoms with Gasteiger partial charge in [0.1, 0.15) is 0 Å². The van der Waals surface area contributed by atoms with Crippen LogP contribution < -0.4 is 0 Å². The maximum atomic E-state index is 11.5. The summed E-state index contributed by atoms with van der Waals surface area (Å²) in [4.78, 5) is 22.3. The summed E-state index contributed by atoms with van der Waals surface area (Å²) in [5.74, 6) is 0.417. The minimum Gasteiger partial charge on any atom is -0.433 e. The molecule has 148 valence electrons. The molecule has 8 heteroatoms. The third-order valence-electron chi connectivity index (χ3n) is 5.03. The van der Waals surface area contributed by atoms with Gasteiger partial charge in [-0.1, -0.05) is 11.6 Å². The molecule has 0 atom stereocenters. The van der Waals surface area contributed by atoms with Crippen LogP contribution in [0.2, 0.25) is 4.34 Å². The maximum Gasteiger partial charge on any atom is 0.527 e. The Hall–Kier alpha value is -2.09. The van der Waals surface area contributed by atoms with Gasteiger partial charge in [-0.2, -0.15) is 0 Å². The Balaban J connectivity index is 1.51. The minimum atomic E-state index is -0.627. The molecule has 0 N–H and O–H groups in total. The fourth-order valence-corrected chi connectivity index (χ4v) is 4.82. The Morgan fingerprint density at radius 2 is 2.14 bits per heavy atom. The second-order valence-electron chi connectivity index (χ2n) is 6.79. The van der Waals surface area contributed by atoms with Crippen molar-refractivity contribution in [3.63, 3.8) is 0 Å². The molecular formula is C20H22ClN3O3S. The number of pyridine rings is 1. The maximum absolute atomic E-state index is 11.5. The van der Waals surface area contributed by atoms with E-state index >= 15 is 0 Å². The predicted molar refractivity (Wildman–Crippen MR) is 110 cm³/mol. The second kappa shape index (κ2) is 8.51. The number of hydroxylamine groups is 2. The largest absolute Gasteiger partial charge is 0.527 e. The molecule has 6 nitrogen and oxygen atoms in total. The molecule has 3 aromatic rings. The Morgan fingerprint density at radius 1 is 1.32 bits per heavy atom. The summed E-state index contributed by atoms with van der Waals surface area (Å²) >= 11 is 7.69. The number of carbonyl (C=O) groups excluding carboxylic acids is 1. The van der Waals surface area contributed by atoms with Crippen molar-refractivity contribution >= 4 is 40.0 Å². The van der Waals surface area contributed by atoms with Gasteiger partial charge >= 0.3 is 6.16 Å². The Bertz CT molecular complexity index is 963. The Kier molecular flexibility index (Phi) is 5.85. The molecule has 0 saturated carbocycles. The van der Waals surface area contributed by atoms with Gasteiger partial charge in [0.15, 0.2) is 0 Å². The highest BCUT2D eigenvalue weighted by Crippen LogP contribution is 2.35. The van der Waals surface area contributed by atoms with Gasteiger partial charge in [0.2, 0.25) is 0 Å². The number of rotatable bonds is 5. The first-order valence-electron chi connectivity index (χ1n) is 9.40. The molecular weight excluding hydrogens is 398 g/mol. The van der Waals surface area contributed by atoms with Gasteiger partial charge < -0.3 is 14.1 Å². The normalized spacial score (nSPS) is 15.8. The van der Waals surface area contributed by atoms with E-state index in [4.69, 9.17) is 21.2 Å². The van der Waals surface area contributed by atoms with E-state index in [1.807, 2.05) is 18.5 Å². The number of thiophene rings is 1. The lowest BCUT2D eigenvalue weighted by molar-refractivity contribution is -0.138. The van der Waals surface area contributed by atoms with Crippen LogP contribution in [0, 0.1) is 0 Å². The molecule has 4 heterocycles. The summed E-state index contributed by atoms with van der Waals surface area (Å²) in [7, 11) is 0. The quantitative estimate of drug-likeness (QED) is 0.540. The molecule has 3 aromatic heterocycles. The van der Waals surface area contributed by atoms with E-state index in [0.717, 1.165) is 29.2 Å². The molecule has 0 bridgehead atoms. The monoisotopic (exact) mass is 419 g/mol. The first-order valence-corrected chi connectivity index (χ1v) is 10.6. The zero-order chi connectivity index (χ0) is 19.5. The van der Waals surface area contributed by atoms with Crippen molar-refractivity contribution in [2.75, 3.05) is 19.7 Å². The fourth-order valence-electron chi connectivity index (χ4n) is 3.73. The average molecular weight is 420 g/mol. The molecule has 1 fully saturated rings. The lowest BCUT2D eigenvalue weighted by atomic mass is 9.90. The van der Waals surface area contributed by atoms with Crippen molar-refractivity contribution in [3.8, 4) is 0 Å². The number of aromatic nitrogens is 2. The van der Waals surface area contributed by atoms with Gasteiger partial charge in [-0.3, -0.25) is 4.98 Å². The SMILES string of the molecule is CCOC(=O)ON1CCC(c2cn(Cc3ccc(Cl)s3)c3cnccc23)CC1. The molecule has 0 spiro atoms. The van der Waals surface area contributed by atoms with Crippen molar-refractivity contribution in [3.05, 3.63) is 51.6 Å². The van der Waals surface area contributed by atoms with E-state index in [1.165, 1.54) is 15.8 Å². The molecule has 1 aliphatic rings. The van der Waals surface area contributed by atoms with Crippen LogP contribution in [0.25, 0.3) is 10.9 Å². The smallest absolute Gasteiger partial charge is 0.433 e. The van der Waals surface area contributed by atoms with Crippen molar-refractivity contribution in [1.82, 2.24) is 14.6 Å². The summed E-state index contributed by atoms with van der Waals surface area (Å²) in [6.45, 7) is 4.26. The van der Waals surface area contributed by atoms with E-state index in [1.54, 1.807) is 23.3 Å².